The van der Waals surface area contributed by atoms with Crippen LogP contribution in [0.25, 0.3) is 0 Å². The van der Waals surface area contributed by atoms with E-state index >= 15 is 0 Å². The fraction of sp³-hybridized carbons (Fsp3) is 0.385. The van der Waals surface area contributed by atoms with Crippen molar-refractivity contribution in [3.8, 4) is 6.07 Å². The number of carbonyl (C=O) groups excluding carboxylic acids is 1. The largest absolute Gasteiger partial charge is 0.373 e. The summed E-state index contributed by atoms with van der Waals surface area (Å²) >= 11 is 11.8. The molecule has 0 aromatic heterocycles. The molecular formula is C13H15Cl2N3O. The van der Waals surface area contributed by atoms with Crippen molar-refractivity contribution < 1.29 is 4.79 Å². The average Bonchev–Trinajstić information content (AvgIpc) is 2.38. The Morgan fingerprint density at radius 2 is 2.11 bits per heavy atom. The van der Waals surface area contributed by atoms with Gasteiger partial charge >= 0.3 is 0 Å². The third-order valence-electron chi connectivity index (χ3n) is 2.50. The lowest BCUT2D eigenvalue weighted by Crippen LogP contribution is -2.39. The molecule has 0 aliphatic carbocycles. The molecule has 1 aromatic carbocycles. The van der Waals surface area contributed by atoms with Gasteiger partial charge < -0.3 is 10.6 Å². The molecule has 2 N–H and O–H groups in total. The highest BCUT2D eigenvalue weighted by atomic mass is 35.5. The number of anilines is 1. The standard InChI is InChI=1S/C13H15Cl2N3O/c1-8(6-16)7-17-13(19)9(2)18-12-4-3-10(14)5-11(12)15/h3-5,8-9,18H,7H2,1-2H3,(H,17,19)/t8-,9+/m1/s1. The first-order valence-corrected chi connectivity index (χ1v) is 6.58. The van der Waals surface area contributed by atoms with E-state index in [1.165, 1.54) is 0 Å². The van der Waals surface area contributed by atoms with Gasteiger partial charge in [-0.2, -0.15) is 5.26 Å². The van der Waals surface area contributed by atoms with E-state index in [-0.39, 0.29) is 11.8 Å². The lowest BCUT2D eigenvalue weighted by molar-refractivity contribution is -0.121. The van der Waals surface area contributed by atoms with Crippen molar-refractivity contribution in [2.24, 2.45) is 5.92 Å². The maximum absolute atomic E-state index is 11.8. The van der Waals surface area contributed by atoms with E-state index in [2.05, 4.69) is 16.7 Å². The Hall–Kier alpha value is -1.44. The molecule has 1 aromatic rings. The molecule has 102 valence electrons. The van der Waals surface area contributed by atoms with E-state index in [0.717, 1.165) is 0 Å². The normalized spacial score (nSPS) is 13.2. The Kier molecular flexibility index (Phi) is 5.94. The lowest BCUT2D eigenvalue weighted by Gasteiger charge is -2.16. The van der Waals surface area contributed by atoms with Gasteiger partial charge in [0.2, 0.25) is 5.91 Å². The number of carbonyl (C=O) groups is 1. The van der Waals surface area contributed by atoms with E-state index in [9.17, 15) is 4.79 Å². The van der Waals surface area contributed by atoms with Crippen LogP contribution >= 0.6 is 23.2 Å². The van der Waals surface area contributed by atoms with E-state index < -0.39 is 6.04 Å². The van der Waals surface area contributed by atoms with Gasteiger partial charge in [0.25, 0.3) is 0 Å². The molecule has 1 rings (SSSR count). The molecule has 0 saturated heterocycles. The van der Waals surface area contributed by atoms with Gasteiger partial charge in [-0.3, -0.25) is 4.79 Å². The van der Waals surface area contributed by atoms with Gasteiger partial charge in [-0.15, -0.1) is 0 Å². The molecule has 19 heavy (non-hydrogen) atoms. The first kappa shape index (κ1) is 15.6. The molecule has 2 atom stereocenters. The van der Waals surface area contributed by atoms with Crippen molar-refractivity contribution >= 4 is 34.8 Å². The molecule has 1 amide bonds. The second-order valence-corrected chi connectivity index (χ2v) is 5.11. The SMILES string of the molecule is C[C@H](C#N)CNC(=O)[C@H](C)Nc1ccc(Cl)cc1Cl. The van der Waals surface area contributed by atoms with Gasteiger partial charge in [0.15, 0.2) is 0 Å². The van der Waals surface area contributed by atoms with Crippen molar-refractivity contribution in [2.45, 2.75) is 19.9 Å². The molecule has 0 aliphatic heterocycles. The zero-order valence-electron chi connectivity index (χ0n) is 10.7. The lowest BCUT2D eigenvalue weighted by atomic mass is 10.2. The van der Waals surface area contributed by atoms with Crippen LogP contribution in [-0.2, 0) is 4.79 Å². The van der Waals surface area contributed by atoms with Crippen molar-refractivity contribution in [1.82, 2.24) is 5.32 Å². The summed E-state index contributed by atoms with van der Waals surface area (Å²) in [6.45, 7) is 3.79. The molecule has 4 nitrogen and oxygen atoms in total. The Labute approximate surface area is 122 Å². The minimum Gasteiger partial charge on any atom is -0.373 e. The van der Waals surface area contributed by atoms with Crippen LogP contribution in [-0.4, -0.2) is 18.5 Å². The number of hydrogen-bond donors (Lipinski definition) is 2. The van der Waals surface area contributed by atoms with E-state index in [0.29, 0.717) is 22.3 Å². The fourth-order valence-electron chi connectivity index (χ4n) is 1.36. The molecule has 0 unspecified atom stereocenters. The first-order chi connectivity index (χ1) is 8.93. The summed E-state index contributed by atoms with van der Waals surface area (Å²) in [6.07, 6.45) is 0. The molecule has 0 bridgehead atoms. The third-order valence-corrected chi connectivity index (χ3v) is 3.05. The van der Waals surface area contributed by atoms with E-state index in [1.54, 1.807) is 32.0 Å². The van der Waals surface area contributed by atoms with Crippen molar-refractivity contribution in [2.75, 3.05) is 11.9 Å². The summed E-state index contributed by atoms with van der Waals surface area (Å²) < 4.78 is 0. The van der Waals surface area contributed by atoms with Gasteiger partial charge in [-0.05, 0) is 32.0 Å². The van der Waals surface area contributed by atoms with Crippen molar-refractivity contribution in [3.05, 3.63) is 28.2 Å². The first-order valence-electron chi connectivity index (χ1n) is 5.83. The predicted molar refractivity (Wildman–Crippen MR) is 77.3 cm³/mol. The van der Waals surface area contributed by atoms with Gasteiger partial charge in [-0.1, -0.05) is 23.2 Å². The van der Waals surface area contributed by atoms with Crippen molar-refractivity contribution in [3.63, 3.8) is 0 Å². The number of nitrogens with zero attached hydrogens (tertiary/aromatic N) is 1. The zero-order chi connectivity index (χ0) is 14.4. The van der Waals surface area contributed by atoms with Gasteiger partial charge in [0.1, 0.15) is 6.04 Å². The van der Waals surface area contributed by atoms with E-state index in [4.69, 9.17) is 28.5 Å². The number of rotatable bonds is 5. The minimum atomic E-state index is -0.454. The number of halogens is 2. The van der Waals surface area contributed by atoms with Crippen LogP contribution < -0.4 is 10.6 Å². The summed E-state index contributed by atoms with van der Waals surface area (Å²) in [5.74, 6) is -0.400. The van der Waals surface area contributed by atoms with Crippen LogP contribution in [0.5, 0.6) is 0 Å². The number of amides is 1. The third kappa shape index (κ3) is 4.98. The topological polar surface area (TPSA) is 64.9 Å². The monoisotopic (exact) mass is 299 g/mol. The number of nitrogens with one attached hydrogen (secondary N) is 2. The van der Waals surface area contributed by atoms with E-state index in [1.807, 2.05) is 0 Å². The Morgan fingerprint density at radius 1 is 1.42 bits per heavy atom. The molecule has 0 fully saturated rings. The van der Waals surface area contributed by atoms with Crippen LogP contribution in [0, 0.1) is 17.2 Å². The van der Waals surface area contributed by atoms with Crippen LogP contribution in [0.15, 0.2) is 18.2 Å². The number of nitriles is 1. The molecular weight excluding hydrogens is 285 g/mol. The second kappa shape index (κ2) is 7.22. The molecule has 6 heteroatoms. The summed E-state index contributed by atoms with van der Waals surface area (Å²) in [5.41, 5.74) is 0.641. The van der Waals surface area contributed by atoms with Gasteiger partial charge in [-0.25, -0.2) is 0 Å². The molecule has 0 saturated carbocycles. The average molecular weight is 300 g/mol. The minimum absolute atomic E-state index is 0.187. The predicted octanol–water partition coefficient (Wildman–Crippen LogP) is 3.07. The molecule has 0 aliphatic rings. The Bertz CT molecular complexity index is 499. The smallest absolute Gasteiger partial charge is 0.242 e. The highest BCUT2D eigenvalue weighted by Gasteiger charge is 2.14. The fourth-order valence-corrected chi connectivity index (χ4v) is 1.82. The molecule has 0 radical (unpaired) electrons. The number of hydrogen-bond acceptors (Lipinski definition) is 3. The molecule has 0 spiro atoms. The Morgan fingerprint density at radius 3 is 2.68 bits per heavy atom. The quantitative estimate of drug-likeness (QED) is 0.878. The summed E-state index contributed by atoms with van der Waals surface area (Å²) in [7, 11) is 0. The second-order valence-electron chi connectivity index (χ2n) is 4.27. The van der Waals surface area contributed by atoms with Crippen LogP contribution in [0.3, 0.4) is 0 Å². The van der Waals surface area contributed by atoms with Gasteiger partial charge in [0.05, 0.1) is 22.7 Å². The maximum atomic E-state index is 11.8. The summed E-state index contributed by atoms with van der Waals surface area (Å²) in [4.78, 5) is 11.8. The Balaban J connectivity index is 2.57. The summed E-state index contributed by atoms with van der Waals surface area (Å²) in [5, 5.41) is 15.3. The zero-order valence-corrected chi connectivity index (χ0v) is 12.2. The molecule has 0 heterocycles. The van der Waals surface area contributed by atoms with Crippen molar-refractivity contribution in [1.29, 1.82) is 5.26 Å². The number of benzene rings is 1. The highest BCUT2D eigenvalue weighted by Crippen LogP contribution is 2.25. The maximum Gasteiger partial charge on any atom is 0.242 e. The highest BCUT2D eigenvalue weighted by molar-refractivity contribution is 6.36. The van der Waals surface area contributed by atoms with Gasteiger partial charge in [0, 0.05) is 11.6 Å². The van der Waals surface area contributed by atoms with Crippen LogP contribution in [0.4, 0.5) is 5.69 Å². The van der Waals surface area contributed by atoms with Crippen LogP contribution in [0.1, 0.15) is 13.8 Å². The van der Waals surface area contributed by atoms with Crippen LogP contribution in [0.2, 0.25) is 10.0 Å². The summed E-state index contributed by atoms with van der Waals surface area (Å²) in [6, 6.07) is 6.61.